The number of nitro groups is 1. The van der Waals surface area contributed by atoms with Crippen LogP contribution in [0.2, 0.25) is 0 Å². The fraction of sp³-hybridized carbons (Fsp3) is 0.118. The second-order valence-electron chi connectivity index (χ2n) is 4.95. The number of amides is 1. The van der Waals surface area contributed by atoms with E-state index >= 15 is 0 Å². The molecule has 2 aromatic rings. The number of nitrogens with zero attached hydrogens (tertiary/aromatic N) is 2. The normalized spacial score (nSPS) is 10.3. The predicted octanol–water partition coefficient (Wildman–Crippen LogP) is 2.37. The van der Waals surface area contributed by atoms with Crippen LogP contribution < -0.4 is 5.32 Å². The molecule has 1 amide bonds. The van der Waals surface area contributed by atoms with E-state index in [0.717, 1.165) is 0 Å². The molecule has 0 unspecified atom stereocenters. The number of rotatable bonds is 7. The third-order valence-electron chi connectivity index (χ3n) is 3.16. The number of anilines is 1. The van der Waals surface area contributed by atoms with Crippen LogP contribution in [-0.2, 0) is 14.4 Å². The van der Waals surface area contributed by atoms with Crippen molar-refractivity contribution < 1.29 is 24.1 Å². The molecule has 2 rings (SSSR count). The summed E-state index contributed by atoms with van der Waals surface area (Å²) in [5.41, 5.74) is 0.876. The number of non-ortho nitro benzene ring substituents is 1. The lowest BCUT2D eigenvalue weighted by atomic mass is 10.2. The zero-order chi connectivity index (χ0) is 18.9. The Balaban J connectivity index is 1.91. The highest BCUT2D eigenvalue weighted by Gasteiger charge is 2.13. The summed E-state index contributed by atoms with van der Waals surface area (Å²) in [6.45, 7) is -0.402. The monoisotopic (exact) mass is 357 g/mol. The second-order valence-corrected chi connectivity index (χ2v) is 4.95. The van der Waals surface area contributed by atoms with Crippen LogP contribution in [0.4, 0.5) is 11.4 Å². The lowest BCUT2D eigenvalue weighted by Gasteiger charge is -2.08. The minimum atomic E-state index is -0.578. The van der Waals surface area contributed by atoms with Gasteiger partial charge >= 0.3 is 5.97 Å². The average molecular weight is 357 g/mol. The zero-order valence-corrected chi connectivity index (χ0v) is 13.7. The van der Waals surface area contributed by atoms with Gasteiger partial charge in [0, 0.05) is 17.7 Å². The number of carbonyl (C=O) groups is 2. The summed E-state index contributed by atoms with van der Waals surface area (Å²) in [4.78, 5) is 38.5. The summed E-state index contributed by atoms with van der Waals surface area (Å²) < 4.78 is 4.64. The molecule has 0 atom stereocenters. The summed E-state index contributed by atoms with van der Waals surface area (Å²) in [5, 5.41) is 16.8. The Labute approximate surface area is 148 Å². The number of hydrogen-bond acceptors (Lipinski definition) is 7. The van der Waals surface area contributed by atoms with Crippen LogP contribution in [0.3, 0.4) is 0 Å². The van der Waals surface area contributed by atoms with Crippen LogP contribution in [0.25, 0.3) is 0 Å². The third kappa shape index (κ3) is 5.13. The first kappa shape index (κ1) is 18.6. The third-order valence-corrected chi connectivity index (χ3v) is 3.16. The molecule has 0 aliphatic carbocycles. The maximum absolute atomic E-state index is 11.9. The predicted molar refractivity (Wildman–Crippen MR) is 93.1 cm³/mol. The highest BCUT2D eigenvalue weighted by Crippen LogP contribution is 2.16. The van der Waals surface area contributed by atoms with Gasteiger partial charge in [0.1, 0.15) is 0 Å². The van der Waals surface area contributed by atoms with Gasteiger partial charge in [0.2, 0.25) is 0 Å². The molecule has 134 valence electrons. The Morgan fingerprint density at radius 3 is 2.73 bits per heavy atom. The second kappa shape index (κ2) is 8.92. The highest BCUT2D eigenvalue weighted by molar-refractivity contribution is 6.01. The SMILES string of the molecule is COC(=O)c1ccccc1NC(=O)CO/N=C/c1cccc([N+](=O)[O-])c1. The van der Waals surface area contributed by atoms with Gasteiger partial charge in [0.05, 0.1) is 29.5 Å². The van der Waals surface area contributed by atoms with Gasteiger partial charge in [0.25, 0.3) is 11.6 Å². The van der Waals surface area contributed by atoms with Gasteiger partial charge in [-0.1, -0.05) is 29.4 Å². The number of esters is 1. The van der Waals surface area contributed by atoms with E-state index < -0.39 is 23.4 Å². The van der Waals surface area contributed by atoms with Crippen molar-refractivity contribution in [3.63, 3.8) is 0 Å². The molecule has 9 heteroatoms. The van der Waals surface area contributed by atoms with Crippen molar-refractivity contribution in [1.29, 1.82) is 0 Å². The van der Waals surface area contributed by atoms with Crippen molar-refractivity contribution in [2.45, 2.75) is 0 Å². The molecule has 0 bridgehead atoms. The number of benzene rings is 2. The van der Waals surface area contributed by atoms with Crippen LogP contribution in [0.1, 0.15) is 15.9 Å². The molecule has 9 nitrogen and oxygen atoms in total. The van der Waals surface area contributed by atoms with Crippen LogP contribution in [0.15, 0.2) is 53.7 Å². The van der Waals surface area contributed by atoms with Crippen LogP contribution >= 0.6 is 0 Å². The first-order chi connectivity index (χ1) is 12.5. The summed E-state index contributed by atoms with van der Waals surface area (Å²) in [6, 6.07) is 12.1. The fourth-order valence-corrected chi connectivity index (χ4v) is 1.98. The van der Waals surface area contributed by atoms with Crippen molar-refractivity contribution in [2.75, 3.05) is 19.0 Å². The van der Waals surface area contributed by atoms with Crippen LogP contribution in [0.5, 0.6) is 0 Å². The van der Waals surface area contributed by atoms with Crippen molar-refractivity contribution >= 4 is 29.5 Å². The van der Waals surface area contributed by atoms with Crippen LogP contribution in [-0.4, -0.2) is 36.7 Å². The van der Waals surface area contributed by atoms with Crippen molar-refractivity contribution in [3.05, 3.63) is 69.8 Å². The molecule has 1 N–H and O–H groups in total. The van der Waals surface area contributed by atoms with E-state index in [1.54, 1.807) is 24.3 Å². The molecule has 26 heavy (non-hydrogen) atoms. The minimum absolute atomic E-state index is 0.0777. The lowest BCUT2D eigenvalue weighted by molar-refractivity contribution is -0.384. The maximum atomic E-state index is 11.9. The van der Waals surface area contributed by atoms with E-state index in [1.165, 1.54) is 37.6 Å². The molecule has 0 fully saturated rings. The van der Waals surface area contributed by atoms with E-state index in [2.05, 4.69) is 15.2 Å². The number of nitrogens with one attached hydrogen (secondary N) is 1. The summed E-state index contributed by atoms with van der Waals surface area (Å²) >= 11 is 0. The molecule has 0 spiro atoms. The molecular formula is C17H15N3O6. The molecule has 2 aromatic carbocycles. The van der Waals surface area contributed by atoms with Gasteiger partial charge in [-0.3, -0.25) is 14.9 Å². The molecule has 0 saturated heterocycles. The smallest absolute Gasteiger partial charge is 0.339 e. The molecule has 0 aliphatic rings. The first-order valence-corrected chi connectivity index (χ1v) is 7.38. The van der Waals surface area contributed by atoms with Gasteiger partial charge in [-0.25, -0.2) is 4.79 Å². The lowest BCUT2D eigenvalue weighted by Crippen LogP contribution is -2.19. The average Bonchev–Trinajstić information content (AvgIpc) is 2.65. The van der Waals surface area contributed by atoms with E-state index in [0.29, 0.717) is 5.56 Å². The van der Waals surface area contributed by atoms with Gasteiger partial charge in [-0.05, 0) is 12.1 Å². The van der Waals surface area contributed by atoms with E-state index in [1.807, 2.05) is 0 Å². The molecule has 0 saturated carbocycles. The molecule has 0 heterocycles. The van der Waals surface area contributed by atoms with Gasteiger partial charge in [0.15, 0.2) is 6.61 Å². The molecular weight excluding hydrogens is 342 g/mol. The first-order valence-electron chi connectivity index (χ1n) is 7.38. The van der Waals surface area contributed by atoms with Gasteiger partial charge in [-0.15, -0.1) is 0 Å². The van der Waals surface area contributed by atoms with Crippen LogP contribution in [0, 0.1) is 10.1 Å². The number of methoxy groups -OCH3 is 1. The standard InChI is InChI=1S/C17H15N3O6/c1-25-17(22)14-7-2-3-8-15(14)19-16(21)11-26-18-10-12-5-4-6-13(9-12)20(23)24/h2-10H,11H2,1H3,(H,19,21)/b18-10+. The minimum Gasteiger partial charge on any atom is -0.465 e. The topological polar surface area (TPSA) is 120 Å². The Morgan fingerprint density at radius 1 is 1.23 bits per heavy atom. The van der Waals surface area contributed by atoms with Crippen molar-refractivity contribution in [1.82, 2.24) is 0 Å². The molecule has 0 aromatic heterocycles. The number of nitro benzene ring substituents is 1. The molecule has 0 radical (unpaired) electrons. The zero-order valence-electron chi connectivity index (χ0n) is 13.7. The van der Waals surface area contributed by atoms with Gasteiger partial charge < -0.3 is 14.9 Å². The number of hydrogen-bond donors (Lipinski definition) is 1. The van der Waals surface area contributed by atoms with E-state index in [-0.39, 0.29) is 16.9 Å². The Hall–Kier alpha value is -3.75. The maximum Gasteiger partial charge on any atom is 0.339 e. The number of para-hydroxylation sites is 1. The fourth-order valence-electron chi connectivity index (χ4n) is 1.98. The Bertz CT molecular complexity index is 850. The Kier molecular flexibility index (Phi) is 6.38. The highest BCUT2D eigenvalue weighted by atomic mass is 16.6. The van der Waals surface area contributed by atoms with E-state index in [9.17, 15) is 19.7 Å². The number of carbonyl (C=O) groups excluding carboxylic acids is 2. The number of oxime groups is 1. The Morgan fingerprint density at radius 2 is 2.00 bits per heavy atom. The van der Waals surface area contributed by atoms with Gasteiger partial charge in [-0.2, -0.15) is 0 Å². The number of ether oxygens (including phenoxy) is 1. The summed E-state index contributed by atoms with van der Waals surface area (Å²) in [5.74, 6) is -1.11. The van der Waals surface area contributed by atoms with Crippen molar-refractivity contribution in [2.24, 2.45) is 5.16 Å². The van der Waals surface area contributed by atoms with Crippen molar-refractivity contribution in [3.8, 4) is 0 Å². The summed E-state index contributed by atoms with van der Waals surface area (Å²) in [6.07, 6.45) is 1.25. The quantitative estimate of drug-likeness (QED) is 0.351. The largest absolute Gasteiger partial charge is 0.465 e. The molecule has 0 aliphatic heterocycles. The van der Waals surface area contributed by atoms with E-state index in [4.69, 9.17) is 4.84 Å². The summed E-state index contributed by atoms with van der Waals surface area (Å²) in [7, 11) is 1.24.